The van der Waals surface area contributed by atoms with Crippen molar-refractivity contribution in [2.24, 2.45) is 0 Å². The number of hydrogen-bond acceptors (Lipinski definition) is 2. The normalized spacial score (nSPS) is 28.8. The van der Waals surface area contributed by atoms with E-state index in [0.717, 1.165) is 31.2 Å². The summed E-state index contributed by atoms with van der Waals surface area (Å²) < 4.78 is 0. The van der Waals surface area contributed by atoms with Crippen molar-refractivity contribution in [3.63, 3.8) is 0 Å². The quantitative estimate of drug-likeness (QED) is 0.842. The number of aliphatic hydroxyl groups is 1. The first-order valence-electron chi connectivity index (χ1n) is 7.66. The van der Waals surface area contributed by atoms with Gasteiger partial charge in [-0.3, -0.25) is 4.79 Å². The van der Waals surface area contributed by atoms with Crippen LogP contribution in [0.5, 0.6) is 0 Å². The topological polar surface area (TPSA) is 40.5 Å². The van der Waals surface area contributed by atoms with Gasteiger partial charge in [-0.15, -0.1) is 0 Å². The van der Waals surface area contributed by atoms with E-state index in [0.29, 0.717) is 0 Å². The molecule has 0 aromatic heterocycles. The number of rotatable bonds is 2. The first kappa shape index (κ1) is 13.6. The van der Waals surface area contributed by atoms with Crippen LogP contribution in [0.3, 0.4) is 0 Å². The average Bonchev–Trinajstić information content (AvgIpc) is 2.48. The average molecular weight is 273 g/mol. The second kappa shape index (κ2) is 4.59. The molecular formula is C17H23NO2. The SMILES string of the molecule is CC(C)N1C(=O)C(O)(c2ccccc2)C12CCCCC2. The Labute approximate surface area is 120 Å². The molecule has 0 bridgehead atoms. The van der Waals surface area contributed by atoms with E-state index in [-0.39, 0.29) is 11.9 Å². The number of likely N-dealkylation sites (tertiary alicyclic amines) is 1. The Hall–Kier alpha value is -1.35. The highest BCUT2D eigenvalue weighted by atomic mass is 16.3. The van der Waals surface area contributed by atoms with E-state index in [2.05, 4.69) is 0 Å². The van der Waals surface area contributed by atoms with Crippen molar-refractivity contribution in [3.8, 4) is 0 Å². The second-order valence-electron chi connectivity index (χ2n) is 6.44. The Balaban J connectivity index is 2.07. The summed E-state index contributed by atoms with van der Waals surface area (Å²) in [6.45, 7) is 4.08. The number of carbonyl (C=O) groups excluding carboxylic acids is 1. The Kier molecular flexibility index (Phi) is 3.13. The standard InChI is InChI=1S/C17H23NO2/c1-13(2)18-15(19)17(20,14-9-5-3-6-10-14)16(18)11-7-4-8-12-16/h3,5-6,9-10,13,20H,4,7-8,11-12H2,1-2H3. The van der Waals surface area contributed by atoms with Crippen LogP contribution in [0.1, 0.15) is 51.5 Å². The molecule has 3 heteroatoms. The Bertz CT molecular complexity index is 505. The van der Waals surface area contributed by atoms with E-state index in [1.54, 1.807) is 0 Å². The molecule has 1 aromatic carbocycles. The first-order valence-corrected chi connectivity index (χ1v) is 7.66. The molecule has 3 rings (SSSR count). The van der Waals surface area contributed by atoms with Crippen LogP contribution < -0.4 is 0 Å². The Morgan fingerprint density at radius 1 is 1.10 bits per heavy atom. The minimum absolute atomic E-state index is 0.124. The second-order valence-corrected chi connectivity index (χ2v) is 6.44. The first-order chi connectivity index (χ1) is 9.54. The van der Waals surface area contributed by atoms with Crippen molar-refractivity contribution in [3.05, 3.63) is 35.9 Å². The zero-order valence-corrected chi connectivity index (χ0v) is 12.3. The van der Waals surface area contributed by atoms with Gasteiger partial charge >= 0.3 is 0 Å². The largest absolute Gasteiger partial charge is 0.373 e. The van der Waals surface area contributed by atoms with E-state index in [9.17, 15) is 9.90 Å². The van der Waals surface area contributed by atoms with Crippen LogP contribution in [0.25, 0.3) is 0 Å². The molecule has 1 N–H and O–H groups in total. The number of β-lactam (4-membered cyclic amide) rings is 1. The summed E-state index contributed by atoms with van der Waals surface area (Å²) in [7, 11) is 0. The van der Waals surface area contributed by atoms with Gasteiger partial charge in [0, 0.05) is 6.04 Å². The highest BCUT2D eigenvalue weighted by Crippen LogP contribution is 2.56. The lowest BCUT2D eigenvalue weighted by atomic mass is 9.58. The molecule has 1 aromatic rings. The minimum Gasteiger partial charge on any atom is -0.373 e. The van der Waals surface area contributed by atoms with Crippen LogP contribution in [0.4, 0.5) is 0 Å². The molecule has 1 atom stereocenters. The zero-order valence-electron chi connectivity index (χ0n) is 12.3. The van der Waals surface area contributed by atoms with Gasteiger partial charge in [0.1, 0.15) is 0 Å². The molecule has 1 heterocycles. The smallest absolute Gasteiger partial charge is 0.262 e. The van der Waals surface area contributed by atoms with Gasteiger partial charge in [0.2, 0.25) is 0 Å². The highest BCUT2D eigenvalue weighted by Gasteiger charge is 2.71. The van der Waals surface area contributed by atoms with Gasteiger partial charge in [-0.2, -0.15) is 0 Å². The van der Waals surface area contributed by atoms with Gasteiger partial charge < -0.3 is 10.0 Å². The monoisotopic (exact) mass is 273 g/mol. The van der Waals surface area contributed by atoms with Crippen molar-refractivity contribution >= 4 is 5.91 Å². The van der Waals surface area contributed by atoms with Gasteiger partial charge in [0.15, 0.2) is 5.60 Å². The van der Waals surface area contributed by atoms with Crippen molar-refractivity contribution in [1.82, 2.24) is 4.90 Å². The summed E-state index contributed by atoms with van der Waals surface area (Å²) in [5.41, 5.74) is -0.958. The molecule has 1 saturated carbocycles. The maximum atomic E-state index is 12.7. The van der Waals surface area contributed by atoms with Gasteiger partial charge in [0.25, 0.3) is 5.91 Å². The number of benzene rings is 1. The summed E-state index contributed by atoms with van der Waals surface area (Å²) in [5.74, 6) is -0.124. The van der Waals surface area contributed by atoms with E-state index in [1.807, 2.05) is 49.1 Å². The summed E-state index contributed by atoms with van der Waals surface area (Å²) in [5, 5.41) is 11.3. The van der Waals surface area contributed by atoms with Gasteiger partial charge in [-0.05, 0) is 32.3 Å². The van der Waals surface area contributed by atoms with Crippen molar-refractivity contribution in [2.75, 3.05) is 0 Å². The summed E-state index contributed by atoms with van der Waals surface area (Å²) >= 11 is 0. The Morgan fingerprint density at radius 3 is 2.25 bits per heavy atom. The predicted molar refractivity (Wildman–Crippen MR) is 78.1 cm³/mol. The number of nitrogens with zero attached hydrogens (tertiary/aromatic N) is 1. The summed E-state index contributed by atoms with van der Waals surface area (Å²) in [4.78, 5) is 14.6. The van der Waals surface area contributed by atoms with Gasteiger partial charge in [-0.1, -0.05) is 49.6 Å². The molecule has 20 heavy (non-hydrogen) atoms. The third-order valence-electron chi connectivity index (χ3n) is 5.05. The van der Waals surface area contributed by atoms with Crippen molar-refractivity contribution in [1.29, 1.82) is 0 Å². The van der Waals surface area contributed by atoms with Crippen molar-refractivity contribution < 1.29 is 9.90 Å². The Morgan fingerprint density at radius 2 is 1.70 bits per heavy atom. The van der Waals surface area contributed by atoms with E-state index >= 15 is 0 Å². The van der Waals surface area contributed by atoms with E-state index in [1.165, 1.54) is 6.42 Å². The molecule has 1 unspecified atom stereocenters. The lowest BCUT2D eigenvalue weighted by molar-refractivity contribution is -0.236. The molecule has 0 radical (unpaired) electrons. The molecule has 2 fully saturated rings. The molecule has 1 spiro atoms. The fourth-order valence-corrected chi connectivity index (χ4v) is 4.23. The lowest BCUT2D eigenvalue weighted by Crippen LogP contribution is -2.82. The maximum Gasteiger partial charge on any atom is 0.262 e. The van der Waals surface area contributed by atoms with Crippen LogP contribution >= 0.6 is 0 Å². The van der Waals surface area contributed by atoms with Crippen LogP contribution in [0, 0.1) is 0 Å². The van der Waals surface area contributed by atoms with Gasteiger partial charge in [0.05, 0.1) is 5.54 Å². The predicted octanol–water partition coefficient (Wildman–Crippen LogP) is 2.83. The molecule has 1 aliphatic carbocycles. The zero-order chi connectivity index (χ0) is 14.4. The number of carbonyl (C=O) groups is 1. The fraction of sp³-hybridized carbons (Fsp3) is 0.588. The molecule has 1 aliphatic heterocycles. The van der Waals surface area contributed by atoms with Crippen LogP contribution in [-0.4, -0.2) is 27.5 Å². The van der Waals surface area contributed by atoms with E-state index in [4.69, 9.17) is 0 Å². The summed E-state index contributed by atoms with van der Waals surface area (Å²) in [6, 6.07) is 9.62. The number of amides is 1. The molecular weight excluding hydrogens is 250 g/mol. The van der Waals surface area contributed by atoms with Crippen LogP contribution in [0.15, 0.2) is 30.3 Å². The highest BCUT2D eigenvalue weighted by molar-refractivity contribution is 5.96. The minimum atomic E-state index is -1.32. The maximum absolute atomic E-state index is 12.7. The molecule has 108 valence electrons. The third kappa shape index (κ3) is 1.53. The molecule has 1 amide bonds. The van der Waals surface area contributed by atoms with E-state index < -0.39 is 11.1 Å². The van der Waals surface area contributed by atoms with Gasteiger partial charge in [-0.25, -0.2) is 0 Å². The fourth-order valence-electron chi connectivity index (χ4n) is 4.23. The van der Waals surface area contributed by atoms with Crippen LogP contribution in [-0.2, 0) is 10.4 Å². The molecule has 2 aliphatic rings. The molecule has 1 saturated heterocycles. The van der Waals surface area contributed by atoms with Crippen LogP contribution in [0.2, 0.25) is 0 Å². The molecule has 3 nitrogen and oxygen atoms in total. The summed E-state index contributed by atoms with van der Waals surface area (Å²) in [6.07, 6.45) is 5.19. The number of hydrogen-bond donors (Lipinski definition) is 1. The lowest BCUT2D eigenvalue weighted by Gasteiger charge is -2.65. The van der Waals surface area contributed by atoms with Crippen molar-refractivity contribution in [2.45, 2.75) is 63.1 Å². The third-order valence-corrected chi connectivity index (χ3v) is 5.05.